The zero-order chi connectivity index (χ0) is 15.7. The number of ether oxygens (including phenoxy) is 1. The summed E-state index contributed by atoms with van der Waals surface area (Å²) in [6, 6.07) is 14.2. The molecule has 1 fully saturated rings. The minimum atomic E-state index is -0.845. The van der Waals surface area contributed by atoms with E-state index in [0.29, 0.717) is 22.1 Å². The van der Waals surface area contributed by atoms with Crippen molar-refractivity contribution in [3.05, 3.63) is 59.1 Å². The van der Waals surface area contributed by atoms with Crippen LogP contribution in [-0.2, 0) is 9.59 Å². The third kappa shape index (κ3) is 2.70. The molecule has 0 aromatic heterocycles. The molecule has 1 aliphatic rings. The van der Waals surface area contributed by atoms with Crippen LogP contribution in [-0.4, -0.2) is 30.2 Å². The van der Waals surface area contributed by atoms with Crippen molar-refractivity contribution in [2.45, 2.75) is 5.92 Å². The number of Topliss-reactive ketones (excluding diaryl/α,β-unsaturated/α-hetero) is 1. The highest BCUT2D eigenvalue weighted by Gasteiger charge is 2.40. The second-order valence-corrected chi connectivity index (χ2v) is 5.63. The van der Waals surface area contributed by atoms with Crippen molar-refractivity contribution in [1.29, 1.82) is 0 Å². The molecular weight excluding hydrogens is 302 g/mol. The Hall–Kier alpha value is -2.33. The third-order valence-corrected chi connectivity index (χ3v) is 3.83. The Labute approximate surface area is 133 Å². The number of nitrogens with zero attached hydrogens (tertiary/aromatic N) is 1. The van der Waals surface area contributed by atoms with Gasteiger partial charge in [-0.25, -0.2) is 0 Å². The summed E-state index contributed by atoms with van der Waals surface area (Å²) in [4.78, 5) is 25.8. The van der Waals surface area contributed by atoms with Gasteiger partial charge in [0, 0.05) is 17.6 Å². The highest BCUT2D eigenvalue weighted by molar-refractivity contribution is 6.30. The van der Waals surface area contributed by atoms with Crippen molar-refractivity contribution in [2.75, 3.05) is 13.6 Å². The molecule has 0 saturated carbocycles. The molecule has 2 aromatic carbocycles. The van der Waals surface area contributed by atoms with E-state index >= 15 is 0 Å². The molecule has 3 rings (SSSR count). The van der Waals surface area contributed by atoms with E-state index in [4.69, 9.17) is 16.3 Å². The Morgan fingerprint density at radius 1 is 1.14 bits per heavy atom. The average Bonchev–Trinajstić information content (AvgIpc) is 2.75. The molecule has 1 atom stereocenters. The number of hydrogen-bond acceptors (Lipinski definition) is 3. The molecule has 1 heterocycles. The summed E-state index contributed by atoms with van der Waals surface area (Å²) in [6.45, 7) is 0.112. The molecule has 0 radical (unpaired) electrons. The van der Waals surface area contributed by atoms with Crippen LogP contribution in [0.1, 0.15) is 11.5 Å². The molecule has 0 bridgehead atoms. The lowest BCUT2D eigenvalue weighted by Crippen LogP contribution is -2.21. The van der Waals surface area contributed by atoms with E-state index in [-0.39, 0.29) is 18.2 Å². The molecule has 0 unspecified atom stereocenters. The van der Waals surface area contributed by atoms with E-state index in [1.165, 1.54) is 4.90 Å². The van der Waals surface area contributed by atoms with Gasteiger partial charge in [0.1, 0.15) is 17.4 Å². The number of carbonyl (C=O) groups is 2. The van der Waals surface area contributed by atoms with Crippen molar-refractivity contribution in [3.63, 3.8) is 0 Å². The molecule has 1 aliphatic heterocycles. The van der Waals surface area contributed by atoms with Crippen molar-refractivity contribution in [2.24, 2.45) is 0 Å². The normalized spacial score (nSPS) is 17.9. The second-order valence-electron chi connectivity index (χ2n) is 5.19. The lowest BCUT2D eigenvalue weighted by molar-refractivity contribution is -0.128. The van der Waals surface area contributed by atoms with Crippen LogP contribution < -0.4 is 4.74 Å². The van der Waals surface area contributed by atoms with Crippen molar-refractivity contribution in [1.82, 2.24) is 4.90 Å². The van der Waals surface area contributed by atoms with Gasteiger partial charge in [-0.3, -0.25) is 9.59 Å². The van der Waals surface area contributed by atoms with E-state index in [9.17, 15) is 9.59 Å². The van der Waals surface area contributed by atoms with Crippen LogP contribution in [0.3, 0.4) is 0 Å². The predicted molar refractivity (Wildman–Crippen MR) is 83.4 cm³/mol. The largest absolute Gasteiger partial charge is 0.457 e. The van der Waals surface area contributed by atoms with Crippen LogP contribution in [0.25, 0.3) is 0 Å². The smallest absolute Gasteiger partial charge is 0.238 e. The monoisotopic (exact) mass is 315 g/mol. The first-order valence-corrected chi connectivity index (χ1v) is 7.24. The minimum absolute atomic E-state index is 0.112. The fourth-order valence-corrected chi connectivity index (χ4v) is 2.70. The zero-order valence-electron chi connectivity index (χ0n) is 12.0. The van der Waals surface area contributed by atoms with Gasteiger partial charge < -0.3 is 9.64 Å². The second kappa shape index (κ2) is 5.81. The standard InChI is InChI=1S/C17H14ClNO3/c1-19-10-14(20)16(17(19)21)13-9-11(18)7-8-15(13)22-12-5-3-2-4-6-12/h2-9,16H,10H2,1H3/t16-/m0/s1. The summed E-state index contributed by atoms with van der Waals surface area (Å²) in [7, 11) is 1.61. The third-order valence-electron chi connectivity index (χ3n) is 3.59. The summed E-state index contributed by atoms with van der Waals surface area (Å²) < 4.78 is 5.83. The number of amides is 1. The Kier molecular flexibility index (Phi) is 3.86. The lowest BCUT2D eigenvalue weighted by Gasteiger charge is -2.15. The summed E-state index contributed by atoms with van der Waals surface area (Å²) in [5, 5.41) is 0.463. The molecule has 0 aliphatic carbocycles. The fourth-order valence-electron chi connectivity index (χ4n) is 2.52. The van der Waals surface area contributed by atoms with Gasteiger partial charge in [-0.1, -0.05) is 29.8 Å². The molecule has 0 spiro atoms. The number of hydrogen-bond donors (Lipinski definition) is 0. The fraction of sp³-hybridized carbons (Fsp3) is 0.176. The van der Waals surface area contributed by atoms with Crippen molar-refractivity contribution in [3.8, 4) is 11.5 Å². The zero-order valence-corrected chi connectivity index (χ0v) is 12.7. The Morgan fingerprint density at radius 2 is 1.86 bits per heavy atom. The van der Waals surface area contributed by atoms with E-state index < -0.39 is 5.92 Å². The first-order valence-electron chi connectivity index (χ1n) is 6.86. The molecule has 22 heavy (non-hydrogen) atoms. The number of likely N-dealkylation sites (tertiary alicyclic amines) is 1. The molecule has 2 aromatic rings. The molecule has 1 saturated heterocycles. The van der Waals surface area contributed by atoms with Crippen LogP contribution in [0.5, 0.6) is 11.5 Å². The van der Waals surface area contributed by atoms with E-state index in [1.807, 2.05) is 30.3 Å². The highest BCUT2D eigenvalue weighted by Crippen LogP contribution is 2.36. The van der Waals surface area contributed by atoms with Crippen LogP contribution in [0.2, 0.25) is 5.02 Å². The molecular formula is C17H14ClNO3. The lowest BCUT2D eigenvalue weighted by atomic mass is 9.95. The number of rotatable bonds is 3. The Balaban J connectivity index is 2.02. The van der Waals surface area contributed by atoms with Crippen LogP contribution >= 0.6 is 11.6 Å². The summed E-state index contributed by atoms with van der Waals surface area (Å²) >= 11 is 6.04. The summed E-state index contributed by atoms with van der Waals surface area (Å²) in [5.74, 6) is -0.116. The Bertz CT molecular complexity index is 730. The SMILES string of the molecule is CN1CC(=O)[C@H](c2cc(Cl)ccc2Oc2ccccc2)C1=O. The number of benzene rings is 2. The van der Waals surface area contributed by atoms with E-state index in [1.54, 1.807) is 25.2 Å². The average molecular weight is 316 g/mol. The molecule has 112 valence electrons. The van der Waals surface area contributed by atoms with Gasteiger partial charge in [-0.2, -0.15) is 0 Å². The van der Waals surface area contributed by atoms with Gasteiger partial charge >= 0.3 is 0 Å². The van der Waals surface area contributed by atoms with Gasteiger partial charge in [-0.05, 0) is 30.3 Å². The maximum Gasteiger partial charge on any atom is 0.238 e. The maximum absolute atomic E-state index is 12.2. The van der Waals surface area contributed by atoms with Crippen LogP contribution in [0, 0.1) is 0 Å². The van der Waals surface area contributed by atoms with Gasteiger partial charge in [0.05, 0.1) is 6.54 Å². The molecule has 4 nitrogen and oxygen atoms in total. The van der Waals surface area contributed by atoms with Gasteiger partial charge in [0.25, 0.3) is 0 Å². The van der Waals surface area contributed by atoms with E-state index in [2.05, 4.69) is 0 Å². The number of ketones is 1. The van der Waals surface area contributed by atoms with Crippen molar-refractivity contribution >= 4 is 23.3 Å². The minimum Gasteiger partial charge on any atom is -0.457 e. The maximum atomic E-state index is 12.2. The van der Waals surface area contributed by atoms with Gasteiger partial charge in [-0.15, -0.1) is 0 Å². The van der Waals surface area contributed by atoms with Crippen LogP contribution in [0.4, 0.5) is 0 Å². The first-order chi connectivity index (χ1) is 10.6. The number of halogens is 1. The van der Waals surface area contributed by atoms with E-state index in [0.717, 1.165) is 0 Å². The molecule has 1 amide bonds. The van der Waals surface area contributed by atoms with Crippen molar-refractivity contribution < 1.29 is 14.3 Å². The first kappa shape index (κ1) is 14.6. The number of likely N-dealkylation sites (N-methyl/N-ethyl adjacent to an activating group) is 1. The topological polar surface area (TPSA) is 46.6 Å². The predicted octanol–water partition coefficient (Wildman–Crippen LogP) is 3.26. The molecule has 5 heteroatoms. The van der Waals surface area contributed by atoms with Crippen LogP contribution in [0.15, 0.2) is 48.5 Å². The molecule has 0 N–H and O–H groups in total. The Morgan fingerprint density at radius 3 is 2.50 bits per heavy atom. The highest BCUT2D eigenvalue weighted by atomic mass is 35.5. The summed E-state index contributed by atoms with van der Waals surface area (Å²) in [6.07, 6.45) is 0. The van der Waals surface area contributed by atoms with Gasteiger partial charge in [0.2, 0.25) is 5.91 Å². The number of para-hydroxylation sites is 1. The van der Waals surface area contributed by atoms with Gasteiger partial charge in [0.15, 0.2) is 5.78 Å². The summed E-state index contributed by atoms with van der Waals surface area (Å²) in [5.41, 5.74) is 0.510. The quantitative estimate of drug-likeness (QED) is 0.817. The number of carbonyl (C=O) groups excluding carboxylic acids is 2.